The van der Waals surface area contributed by atoms with Crippen molar-refractivity contribution in [1.82, 2.24) is 19.9 Å². The molecule has 1 fully saturated rings. The van der Waals surface area contributed by atoms with Crippen LogP contribution in [-0.4, -0.2) is 52.9 Å². The van der Waals surface area contributed by atoms with E-state index in [1.165, 1.54) is 16.8 Å². The van der Waals surface area contributed by atoms with Crippen LogP contribution in [0.1, 0.15) is 5.69 Å². The molecule has 9 heteroatoms. The number of aromatic nitrogens is 3. The highest BCUT2D eigenvalue weighted by molar-refractivity contribution is 7.91. The number of rotatable bonds is 3. The largest absolute Gasteiger partial charge is 0.295 e. The van der Waals surface area contributed by atoms with Gasteiger partial charge in [0.25, 0.3) is 0 Å². The van der Waals surface area contributed by atoms with E-state index >= 15 is 0 Å². The lowest BCUT2D eigenvalue weighted by Gasteiger charge is -2.25. The van der Waals surface area contributed by atoms with Gasteiger partial charge in [-0.2, -0.15) is 0 Å². The third-order valence-corrected chi connectivity index (χ3v) is 5.43. The first-order chi connectivity index (χ1) is 10.4. The van der Waals surface area contributed by atoms with Crippen LogP contribution in [0.25, 0.3) is 5.69 Å². The van der Waals surface area contributed by atoms with Crippen LogP contribution in [0.4, 0.5) is 4.39 Å². The molecule has 1 saturated heterocycles. The SMILES string of the molecule is O=S1(=O)CCN(Cc2cn(-c3ccc(F)c(Cl)c3)nn2)CC1. The maximum Gasteiger partial charge on any atom is 0.152 e. The van der Waals surface area contributed by atoms with E-state index in [0.717, 1.165) is 5.69 Å². The average molecular weight is 345 g/mol. The molecule has 22 heavy (non-hydrogen) atoms. The molecule has 3 rings (SSSR count). The van der Waals surface area contributed by atoms with Gasteiger partial charge in [-0.1, -0.05) is 16.8 Å². The molecule has 0 spiro atoms. The molecular weight excluding hydrogens is 331 g/mol. The second kappa shape index (κ2) is 5.94. The first kappa shape index (κ1) is 15.4. The maximum absolute atomic E-state index is 13.2. The van der Waals surface area contributed by atoms with Gasteiger partial charge in [-0.15, -0.1) is 5.10 Å². The summed E-state index contributed by atoms with van der Waals surface area (Å²) in [5.41, 5.74) is 1.34. The van der Waals surface area contributed by atoms with Crippen molar-refractivity contribution >= 4 is 21.4 Å². The molecular formula is C13H14ClFN4O2S. The van der Waals surface area contributed by atoms with Gasteiger partial charge in [-0.3, -0.25) is 4.90 Å². The minimum Gasteiger partial charge on any atom is -0.295 e. The quantitative estimate of drug-likeness (QED) is 0.839. The van der Waals surface area contributed by atoms with Crippen molar-refractivity contribution in [2.24, 2.45) is 0 Å². The Balaban J connectivity index is 1.70. The normalized spacial score (nSPS) is 18.5. The minimum absolute atomic E-state index is 0.0239. The summed E-state index contributed by atoms with van der Waals surface area (Å²) in [7, 11) is -2.89. The Morgan fingerprint density at radius 3 is 2.68 bits per heavy atom. The first-order valence-electron chi connectivity index (χ1n) is 6.72. The van der Waals surface area contributed by atoms with Crippen molar-refractivity contribution in [3.8, 4) is 5.69 Å². The van der Waals surface area contributed by atoms with Crippen LogP contribution >= 0.6 is 11.6 Å². The molecule has 118 valence electrons. The molecule has 0 bridgehead atoms. The van der Waals surface area contributed by atoms with Crippen LogP contribution in [0.15, 0.2) is 24.4 Å². The molecule has 6 nitrogen and oxygen atoms in total. The molecule has 0 aliphatic carbocycles. The Morgan fingerprint density at radius 2 is 2.00 bits per heavy atom. The maximum atomic E-state index is 13.2. The van der Waals surface area contributed by atoms with E-state index in [1.54, 1.807) is 12.3 Å². The van der Waals surface area contributed by atoms with E-state index in [-0.39, 0.29) is 16.5 Å². The van der Waals surface area contributed by atoms with Crippen molar-refractivity contribution < 1.29 is 12.8 Å². The van der Waals surface area contributed by atoms with E-state index in [1.807, 2.05) is 4.90 Å². The van der Waals surface area contributed by atoms with Crippen LogP contribution in [0.5, 0.6) is 0 Å². The Morgan fingerprint density at radius 1 is 1.27 bits per heavy atom. The molecule has 0 N–H and O–H groups in total. The fourth-order valence-corrected chi connectivity index (χ4v) is 3.71. The third kappa shape index (κ3) is 3.45. The first-order valence-corrected chi connectivity index (χ1v) is 8.92. The Bertz CT molecular complexity index is 779. The summed E-state index contributed by atoms with van der Waals surface area (Å²) < 4.78 is 37.5. The minimum atomic E-state index is -2.89. The zero-order valence-electron chi connectivity index (χ0n) is 11.6. The predicted molar refractivity (Wildman–Crippen MR) is 80.3 cm³/mol. The number of halogens is 2. The monoisotopic (exact) mass is 344 g/mol. The second-order valence-electron chi connectivity index (χ2n) is 5.18. The van der Waals surface area contributed by atoms with Gasteiger partial charge < -0.3 is 0 Å². The van der Waals surface area contributed by atoms with E-state index in [2.05, 4.69) is 10.3 Å². The molecule has 1 aliphatic heterocycles. The van der Waals surface area contributed by atoms with Crippen molar-refractivity contribution in [2.75, 3.05) is 24.6 Å². The molecule has 0 radical (unpaired) electrons. The van der Waals surface area contributed by atoms with E-state index in [0.29, 0.717) is 25.3 Å². The van der Waals surface area contributed by atoms with Gasteiger partial charge in [-0.05, 0) is 18.2 Å². The summed E-state index contributed by atoms with van der Waals surface area (Å²) in [6, 6.07) is 4.31. The van der Waals surface area contributed by atoms with Crippen LogP contribution < -0.4 is 0 Å². The number of benzene rings is 1. The lowest BCUT2D eigenvalue weighted by molar-refractivity contribution is 0.284. The van der Waals surface area contributed by atoms with Gasteiger partial charge in [0.15, 0.2) is 9.84 Å². The smallest absolute Gasteiger partial charge is 0.152 e. The van der Waals surface area contributed by atoms with Crippen LogP contribution in [0, 0.1) is 5.82 Å². The highest BCUT2D eigenvalue weighted by atomic mass is 35.5. The predicted octanol–water partition coefficient (Wildman–Crippen LogP) is 1.29. The van der Waals surface area contributed by atoms with Gasteiger partial charge >= 0.3 is 0 Å². The summed E-state index contributed by atoms with van der Waals surface area (Å²) in [4.78, 5) is 2.02. The van der Waals surface area contributed by atoms with E-state index < -0.39 is 15.7 Å². The molecule has 1 aromatic heterocycles. The molecule has 0 atom stereocenters. The number of hydrogen-bond donors (Lipinski definition) is 0. The lowest BCUT2D eigenvalue weighted by atomic mass is 10.3. The molecule has 0 amide bonds. The molecule has 2 heterocycles. The lowest BCUT2D eigenvalue weighted by Crippen LogP contribution is -2.39. The Kier molecular flexibility index (Phi) is 4.16. The molecule has 1 aromatic carbocycles. The molecule has 0 saturated carbocycles. The summed E-state index contributed by atoms with van der Waals surface area (Å²) in [6.07, 6.45) is 1.73. The van der Waals surface area contributed by atoms with Gasteiger partial charge in [-0.25, -0.2) is 17.5 Å². The number of hydrogen-bond acceptors (Lipinski definition) is 5. The van der Waals surface area contributed by atoms with Crippen molar-refractivity contribution in [3.05, 3.63) is 40.9 Å². The molecule has 2 aromatic rings. The highest BCUT2D eigenvalue weighted by Crippen LogP contribution is 2.18. The van der Waals surface area contributed by atoms with Gasteiger partial charge in [0, 0.05) is 19.6 Å². The fourth-order valence-electron chi connectivity index (χ4n) is 2.26. The van der Waals surface area contributed by atoms with Crippen molar-refractivity contribution in [3.63, 3.8) is 0 Å². The standard InChI is InChI=1S/C13H14ClFN4O2S/c14-12-7-11(1-2-13(12)15)19-9-10(16-17-19)8-18-3-5-22(20,21)6-4-18/h1-2,7,9H,3-6,8H2. The fraction of sp³-hybridized carbons (Fsp3) is 0.385. The summed E-state index contributed by atoms with van der Waals surface area (Å²) in [5.74, 6) is -0.135. The Hall–Kier alpha value is -1.51. The zero-order valence-corrected chi connectivity index (χ0v) is 13.2. The summed E-state index contributed by atoms with van der Waals surface area (Å²) in [5, 5.41) is 8.08. The molecule has 0 unspecified atom stereocenters. The average Bonchev–Trinajstić information content (AvgIpc) is 2.93. The van der Waals surface area contributed by atoms with Crippen LogP contribution in [0.3, 0.4) is 0 Å². The van der Waals surface area contributed by atoms with E-state index in [4.69, 9.17) is 11.6 Å². The number of nitrogens with zero attached hydrogens (tertiary/aromatic N) is 4. The van der Waals surface area contributed by atoms with E-state index in [9.17, 15) is 12.8 Å². The van der Waals surface area contributed by atoms with Crippen molar-refractivity contribution in [2.45, 2.75) is 6.54 Å². The Labute approximate surface area is 132 Å². The zero-order chi connectivity index (χ0) is 15.7. The van der Waals surface area contributed by atoms with Crippen LogP contribution in [-0.2, 0) is 16.4 Å². The summed E-state index contributed by atoms with van der Waals surface area (Å²) in [6.45, 7) is 1.53. The molecule has 1 aliphatic rings. The second-order valence-corrected chi connectivity index (χ2v) is 7.89. The topological polar surface area (TPSA) is 68.1 Å². The van der Waals surface area contributed by atoms with Gasteiger partial charge in [0.2, 0.25) is 0 Å². The van der Waals surface area contributed by atoms with Gasteiger partial charge in [0.1, 0.15) is 5.82 Å². The van der Waals surface area contributed by atoms with Crippen molar-refractivity contribution in [1.29, 1.82) is 0 Å². The van der Waals surface area contributed by atoms with Crippen LogP contribution in [0.2, 0.25) is 5.02 Å². The highest BCUT2D eigenvalue weighted by Gasteiger charge is 2.22. The third-order valence-electron chi connectivity index (χ3n) is 3.53. The summed E-state index contributed by atoms with van der Waals surface area (Å²) >= 11 is 5.75. The van der Waals surface area contributed by atoms with Gasteiger partial charge in [0.05, 0.1) is 34.1 Å². The number of sulfone groups is 1.